The Hall–Kier alpha value is -2.02. The van der Waals surface area contributed by atoms with Crippen LogP contribution in [0.25, 0.3) is 0 Å². The summed E-state index contributed by atoms with van der Waals surface area (Å²) in [4.78, 5) is 22.7. The summed E-state index contributed by atoms with van der Waals surface area (Å²) in [5, 5.41) is 10.1. The molecule has 5 nitrogen and oxygen atoms in total. The van der Waals surface area contributed by atoms with E-state index in [1.165, 1.54) is 18.2 Å². The van der Waals surface area contributed by atoms with E-state index in [-0.39, 0.29) is 0 Å². The third kappa shape index (κ3) is 2.28. The molecule has 0 aliphatic rings. The number of methoxy groups -OCH3 is 2. The summed E-state index contributed by atoms with van der Waals surface area (Å²) in [7, 11) is 1.54. The zero-order valence-electron chi connectivity index (χ0n) is 10.2. The third-order valence-corrected chi connectivity index (χ3v) is 2.57. The van der Waals surface area contributed by atoms with Crippen LogP contribution in [0.5, 0.6) is 0 Å². The zero-order chi connectivity index (χ0) is 14.7. The Kier molecular flexibility index (Phi) is 4.21. The Balaban J connectivity index is 3.45. The van der Waals surface area contributed by atoms with Crippen LogP contribution in [-0.4, -0.2) is 37.2 Å². The lowest BCUT2D eigenvalue weighted by atomic mass is 9.87. The lowest BCUT2D eigenvalue weighted by molar-refractivity contribution is -0.225. The van der Waals surface area contributed by atoms with Crippen molar-refractivity contribution >= 4 is 11.9 Å². The van der Waals surface area contributed by atoms with Crippen molar-refractivity contribution < 1.29 is 33.0 Å². The second-order valence-corrected chi connectivity index (χ2v) is 3.63. The minimum atomic E-state index is -4.49. The van der Waals surface area contributed by atoms with Gasteiger partial charge in [0.2, 0.25) is 0 Å². The molecule has 0 radical (unpaired) electrons. The van der Waals surface area contributed by atoms with Crippen LogP contribution in [0.2, 0.25) is 0 Å². The van der Waals surface area contributed by atoms with Gasteiger partial charge >= 0.3 is 17.9 Å². The first kappa shape index (κ1) is 15.0. The van der Waals surface area contributed by atoms with Crippen LogP contribution in [0.1, 0.15) is 5.56 Å². The van der Waals surface area contributed by atoms with Gasteiger partial charge in [-0.2, -0.15) is 8.78 Å². The molecule has 1 rings (SSSR count). The van der Waals surface area contributed by atoms with Gasteiger partial charge in [-0.3, -0.25) is 0 Å². The minimum absolute atomic E-state index is 0.475. The number of alkyl halides is 2. The maximum Gasteiger partial charge on any atom is 0.385 e. The Morgan fingerprint density at radius 1 is 1.05 bits per heavy atom. The van der Waals surface area contributed by atoms with E-state index in [1.54, 1.807) is 0 Å². The highest BCUT2D eigenvalue weighted by atomic mass is 19.3. The highest BCUT2D eigenvalue weighted by molar-refractivity contribution is 5.92. The SMILES string of the molecule is COC(=O)C(F)(F)C(O)(C(=O)OC)c1ccccc1. The summed E-state index contributed by atoms with van der Waals surface area (Å²) in [6, 6.07) is 6.31. The van der Waals surface area contributed by atoms with E-state index in [9.17, 15) is 23.5 Å². The number of hydrogen-bond donors (Lipinski definition) is 1. The number of carbonyl (C=O) groups excluding carboxylic acids is 2. The molecule has 0 heterocycles. The van der Waals surface area contributed by atoms with Crippen LogP contribution < -0.4 is 0 Å². The van der Waals surface area contributed by atoms with E-state index in [2.05, 4.69) is 9.47 Å². The first-order chi connectivity index (χ1) is 8.82. The van der Waals surface area contributed by atoms with Gasteiger partial charge in [-0.25, -0.2) is 9.59 Å². The molecule has 1 unspecified atom stereocenters. The average Bonchev–Trinajstić information content (AvgIpc) is 2.45. The molecule has 1 atom stereocenters. The summed E-state index contributed by atoms with van der Waals surface area (Å²) in [5.41, 5.74) is -3.92. The number of rotatable bonds is 4. The summed E-state index contributed by atoms with van der Waals surface area (Å²) in [6.07, 6.45) is 0. The van der Waals surface area contributed by atoms with Gasteiger partial charge in [-0.1, -0.05) is 30.3 Å². The molecule has 0 aliphatic heterocycles. The Bertz CT molecular complexity index is 474. The topological polar surface area (TPSA) is 72.8 Å². The fourth-order valence-corrected chi connectivity index (χ4v) is 1.53. The van der Waals surface area contributed by atoms with Gasteiger partial charge in [0.15, 0.2) is 0 Å². The lowest BCUT2D eigenvalue weighted by Gasteiger charge is -2.31. The molecule has 1 aromatic carbocycles. The van der Waals surface area contributed by atoms with E-state index in [0.717, 1.165) is 26.4 Å². The summed E-state index contributed by atoms with van der Waals surface area (Å²) < 4.78 is 36.0. The van der Waals surface area contributed by atoms with Crippen molar-refractivity contribution in [3.05, 3.63) is 35.9 Å². The van der Waals surface area contributed by atoms with Crippen molar-refractivity contribution in [2.45, 2.75) is 11.5 Å². The zero-order valence-corrected chi connectivity index (χ0v) is 10.2. The molecular weight excluding hydrogens is 262 g/mol. The molecule has 1 N–H and O–H groups in total. The first-order valence-corrected chi connectivity index (χ1v) is 5.15. The molecule has 0 fully saturated rings. The summed E-state index contributed by atoms with van der Waals surface area (Å²) >= 11 is 0. The Morgan fingerprint density at radius 3 is 1.95 bits per heavy atom. The standard InChI is InChI=1S/C12H12F2O5/c1-18-9(15)11(17,8-6-4-3-5-7-8)12(13,14)10(16)19-2/h3-7,17H,1-2H3. The van der Waals surface area contributed by atoms with Crippen LogP contribution in [0, 0.1) is 0 Å². The van der Waals surface area contributed by atoms with Gasteiger partial charge in [0.05, 0.1) is 14.2 Å². The lowest BCUT2D eigenvalue weighted by Crippen LogP contribution is -2.56. The summed E-state index contributed by atoms with van der Waals surface area (Å²) in [6.45, 7) is 0. The van der Waals surface area contributed by atoms with E-state index in [4.69, 9.17) is 0 Å². The van der Waals surface area contributed by atoms with Crippen molar-refractivity contribution in [2.75, 3.05) is 14.2 Å². The van der Waals surface area contributed by atoms with Crippen LogP contribution in [0.15, 0.2) is 30.3 Å². The van der Waals surface area contributed by atoms with E-state index in [1.807, 2.05) is 0 Å². The van der Waals surface area contributed by atoms with Gasteiger partial charge in [0.1, 0.15) is 0 Å². The number of hydrogen-bond acceptors (Lipinski definition) is 5. The van der Waals surface area contributed by atoms with Crippen molar-refractivity contribution in [3.8, 4) is 0 Å². The van der Waals surface area contributed by atoms with Gasteiger partial charge < -0.3 is 14.6 Å². The van der Waals surface area contributed by atoms with Crippen LogP contribution in [0.4, 0.5) is 8.78 Å². The van der Waals surface area contributed by atoms with Crippen molar-refractivity contribution in [1.82, 2.24) is 0 Å². The normalized spacial score (nSPS) is 14.4. The number of benzene rings is 1. The molecule has 0 bridgehead atoms. The molecular formula is C12H12F2O5. The molecule has 0 spiro atoms. The highest BCUT2D eigenvalue weighted by Crippen LogP contribution is 2.39. The fraction of sp³-hybridized carbons (Fsp3) is 0.333. The van der Waals surface area contributed by atoms with Crippen LogP contribution in [0.3, 0.4) is 0 Å². The first-order valence-electron chi connectivity index (χ1n) is 5.15. The highest BCUT2D eigenvalue weighted by Gasteiger charge is 2.66. The van der Waals surface area contributed by atoms with E-state index in [0.29, 0.717) is 0 Å². The van der Waals surface area contributed by atoms with Crippen LogP contribution >= 0.6 is 0 Å². The largest absolute Gasteiger partial charge is 0.466 e. The molecule has 7 heteroatoms. The second kappa shape index (κ2) is 5.31. The smallest absolute Gasteiger partial charge is 0.385 e. The van der Waals surface area contributed by atoms with E-state index >= 15 is 0 Å². The minimum Gasteiger partial charge on any atom is -0.466 e. The molecule has 19 heavy (non-hydrogen) atoms. The van der Waals surface area contributed by atoms with Crippen molar-refractivity contribution in [1.29, 1.82) is 0 Å². The maximum atomic E-state index is 14.0. The Labute approximate surface area is 107 Å². The predicted octanol–water partition coefficient (Wildman–Crippen LogP) is 0.855. The van der Waals surface area contributed by atoms with Gasteiger partial charge in [-0.15, -0.1) is 0 Å². The quantitative estimate of drug-likeness (QED) is 0.824. The van der Waals surface area contributed by atoms with Gasteiger partial charge in [0, 0.05) is 5.56 Å². The van der Waals surface area contributed by atoms with E-state index < -0.39 is 29.0 Å². The van der Waals surface area contributed by atoms with Crippen molar-refractivity contribution in [3.63, 3.8) is 0 Å². The number of aliphatic hydroxyl groups is 1. The fourth-order valence-electron chi connectivity index (χ4n) is 1.53. The molecule has 0 amide bonds. The average molecular weight is 274 g/mol. The molecule has 0 saturated heterocycles. The third-order valence-electron chi connectivity index (χ3n) is 2.57. The predicted molar refractivity (Wildman–Crippen MR) is 59.3 cm³/mol. The molecule has 0 saturated carbocycles. The number of halogens is 2. The monoisotopic (exact) mass is 274 g/mol. The number of esters is 2. The summed E-state index contributed by atoms with van der Waals surface area (Å²) in [5.74, 6) is -8.19. The van der Waals surface area contributed by atoms with Crippen molar-refractivity contribution in [2.24, 2.45) is 0 Å². The number of carbonyl (C=O) groups is 2. The molecule has 104 valence electrons. The van der Waals surface area contributed by atoms with Crippen LogP contribution in [-0.2, 0) is 24.7 Å². The van der Waals surface area contributed by atoms with Gasteiger partial charge in [0.25, 0.3) is 5.60 Å². The molecule has 1 aromatic rings. The maximum absolute atomic E-state index is 14.0. The number of ether oxygens (including phenoxy) is 2. The molecule has 0 aliphatic carbocycles. The second-order valence-electron chi connectivity index (χ2n) is 3.63. The Morgan fingerprint density at radius 2 is 1.53 bits per heavy atom. The molecule has 0 aromatic heterocycles. The van der Waals surface area contributed by atoms with Gasteiger partial charge in [-0.05, 0) is 0 Å².